The fourth-order valence-corrected chi connectivity index (χ4v) is 4.02. The van der Waals surface area contributed by atoms with Crippen molar-refractivity contribution >= 4 is 23.4 Å². The maximum absolute atomic E-state index is 12.7. The molecule has 33 heavy (non-hydrogen) atoms. The van der Waals surface area contributed by atoms with Crippen LogP contribution < -0.4 is 10.1 Å². The number of rotatable bonds is 8. The number of nitrogens with zero attached hydrogens (tertiary/aromatic N) is 3. The first-order valence-corrected chi connectivity index (χ1v) is 11.6. The van der Waals surface area contributed by atoms with Gasteiger partial charge in [-0.2, -0.15) is 0 Å². The Labute approximate surface area is 198 Å². The lowest BCUT2D eigenvalue weighted by Crippen LogP contribution is -2.22. The SMILES string of the molecule is Cc1ccc(-c2nnc(SC(C)C(=O)Nc3ccc(OCc4ccccc4)cc3)n2C)cc1. The third kappa shape index (κ3) is 5.81. The minimum absolute atomic E-state index is 0.0992. The Morgan fingerprint density at radius 2 is 1.70 bits per heavy atom. The molecular weight excluding hydrogens is 432 g/mol. The maximum atomic E-state index is 12.7. The standard InChI is InChI=1S/C26H26N4O2S/c1-18-9-11-21(12-10-18)24-28-29-26(30(24)3)33-19(2)25(31)27-22-13-15-23(16-14-22)32-17-20-7-5-4-6-8-20/h4-16,19H,17H2,1-3H3,(H,27,31). The molecular formula is C26H26N4O2S. The van der Waals surface area contributed by atoms with E-state index in [1.165, 1.54) is 17.3 Å². The van der Waals surface area contributed by atoms with Crippen LogP contribution in [0.4, 0.5) is 5.69 Å². The molecule has 1 unspecified atom stereocenters. The third-order valence-electron chi connectivity index (χ3n) is 5.17. The normalized spacial score (nSPS) is 11.7. The van der Waals surface area contributed by atoms with Crippen LogP contribution in [0.3, 0.4) is 0 Å². The molecule has 1 aromatic heterocycles. The molecule has 0 aliphatic heterocycles. The van der Waals surface area contributed by atoms with Crippen LogP contribution in [0, 0.1) is 6.92 Å². The molecule has 1 N–H and O–H groups in total. The molecule has 0 radical (unpaired) electrons. The highest BCUT2D eigenvalue weighted by Crippen LogP contribution is 2.27. The Hall–Kier alpha value is -3.58. The van der Waals surface area contributed by atoms with Crippen molar-refractivity contribution in [2.45, 2.75) is 30.9 Å². The summed E-state index contributed by atoms with van der Waals surface area (Å²) in [5.74, 6) is 1.43. The van der Waals surface area contributed by atoms with Crippen molar-refractivity contribution in [3.63, 3.8) is 0 Å². The average molecular weight is 459 g/mol. The van der Waals surface area contributed by atoms with Crippen molar-refractivity contribution in [1.29, 1.82) is 0 Å². The van der Waals surface area contributed by atoms with Gasteiger partial charge in [0.2, 0.25) is 5.91 Å². The minimum atomic E-state index is -0.340. The number of thioether (sulfide) groups is 1. The molecule has 7 heteroatoms. The number of ether oxygens (including phenoxy) is 1. The molecule has 0 bridgehead atoms. The third-order valence-corrected chi connectivity index (χ3v) is 6.30. The van der Waals surface area contributed by atoms with Gasteiger partial charge >= 0.3 is 0 Å². The van der Waals surface area contributed by atoms with Crippen LogP contribution in [0.2, 0.25) is 0 Å². The zero-order valence-corrected chi connectivity index (χ0v) is 19.7. The number of aryl methyl sites for hydroxylation is 1. The number of hydrogen-bond donors (Lipinski definition) is 1. The summed E-state index contributed by atoms with van der Waals surface area (Å²) in [4.78, 5) is 12.7. The number of hydrogen-bond acceptors (Lipinski definition) is 5. The highest BCUT2D eigenvalue weighted by Gasteiger charge is 2.19. The molecule has 1 heterocycles. The van der Waals surface area contributed by atoms with Gasteiger partial charge in [-0.15, -0.1) is 10.2 Å². The molecule has 0 fully saturated rings. The molecule has 0 spiro atoms. The van der Waals surface area contributed by atoms with Crippen LogP contribution in [-0.4, -0.2) is 25.9 Å². The second-order valence-corrected chi connectivity index (χ2v) is 9.09. The largest absolute Gasteiger partial charge is 0.489 e. The van der Waals surface area contributed by atoms with Crippen LogP contribution in [0.5, 0.6) is 5.75 Å². The van der Waals surface area contributed by atoms with Gasteiger partial charge in [0.15, 0.2) is 11.0 Å². The summed E-state index contributed by atoms with van der Waals surface area (Å²) >= 11 is 1.38. The topological polar surface area (TPSA) is 69.0 Å². The van der Waals surface area contributed by atoms with E-state index < -0.39 is 0 Å². The van der Waals surface area contributed by atoms with Gasteiger partial charge in [0.05, 0.1) is 5.25 Å². The van der Waals surface area contributed by atoms with E-state index in [2.05, 4.69) is 15.5 Å². The van der Waals surface area contributed by atoms with E-state index in [1.54, 1.807) is 0 Å². The number of amides is 1. The number of carbonyl (C=O) groups is 1. The van der Waals surface area contributed by atoms with Gasteiger partial charge in [-0.25, -0.2) is 0 Å². The molecule has 4 aromatic rings. The van der Waals surface area contributed by atoms with E-state index in [-0.39, 0.29) is 11.2 Å². The second-order valence-electron chi connectivity index (χ2n) is 7.78. The van der Waals surface area contributed by atoms with Crippen LogP contribution >= 0.6 is 11.8 Å². The van der Waals surface area contributed by atoms with Crippen LogP contribution in [0.25, 0.3) is 11.4 Å². The number of anilines is 1. The quantitative estimate of drug-likeness (QED) is 0.354. The van der Waals surface area contributed by atoms with Crippen LogP contribution in [0.15, 0.2) is 84.0 Å². The molecule has 1 amide bonds. The lowest BCUT2D eigenvalue weighted by Gasteiger charge is -2.12. The van der Waals surface area contributed by atoms with Gasteiger partial charge < -0.3 is 14.6 Å². The van der Waals surface area contributed by atoms with Gasteiger partial charge in [-0.1, -0.05) is 71.9 Å². The summed E-state index contributed by atoms with van der Waals surface area (Å²) in [6.45, 7) is 4.41. The Bertz CT molecular complexity index is 1210. The van der Waals surface area contributed by atoms with Crippen molar-refractivity contribution in [2.24, 2.45) is 7.05 Å². The van der Waals surface area contributed by atoms with Gasteiger partial charge in [0.25, 0.3) is 0 Å². The van der Waals surface area contributed by atoms with Crippen molar-refractivity contribution in [3.05, 3.63) is 90.0 Å². The lowest BCUT2D eigenvalue weighted by molar-refractivity contribution is -0.115. The summed E-state index contributed by atoms with van der Waals surface area (Å²) < 4.78 is 7.72. The zero-order valence-electron chi connectivity index (χ0n) is 18.9. The molecule has 0 aliphatic carbocycles. The molecule has 168 valence electrons. The Kier molecular flexibility index (Phi) is 7.10. The predicted octanol–water partition coefficient (Wildman–Crippen LogP) is 5.49. The van der Waals surface area contributed by atoms with Crippen LogP contribution in [-0.2, 0) is 18.4 Å². The summed E-state index contributed by atoms with van der Waals surface area (Å²) in [5.41, 5.74) is 4.01. The number of aromatic nitrogens is 3. The first kappa shape index (κ1) is 22.6. The van der Waals surface area contributed by atoms with E-state index in [4.69, 9.17) is 4.74 Å². The van der Waals surface area contributed by atoms with Crippen molar-refractivity contribution < 1.29 is 9.53 Å². The molecule has 0 saturated heterocycles. The number of nitrogens with one attached hydrogen (secondary N) is 1. The Morgan fingerprint density at radius 1 is 1.00 bits per heavy atom. The fourth-order valence-electron chi connectivity index (χ4n) is 3.20. The number of carbonyl (C=O) groups excluding carboxylic acids is 1. The monoisotopic (exact) mass is 458 g/mol. The van der Waals surface area contributed by atoms with Gasteiger partial charge in [-0.3, -0.25) is 4.79 Å². The summed E-state index contributed by atoms with van der Waals surface area (Å²) in [6.07, 6.45) is 0. The lowest BCUT2D eigenvalue weighted by atomic mass is 10.1. The van der Waals surface area contributed by atoms with E-state index in [0.29, 0.717) is 11.8 Å². The van der Waals surface area contributed by atoms with E-state index in [0.717, 1.165) is 28.4 Å². The highest BCUT2D eigenvalue weighted by atomic mass is 32.2. The van der Waals surface area contributed by atoms with Gasteiger partial charge in [-0.05, 0) is 43.7 Å². The fraction of sp³-hybridized carbons (Fsp3) is 0.192. The summed E-state index contributed by atoms with van der Waals surface area (Å²) in [5, 5.41) is 11.9. The van der Waals surface area contributed by atoms with E-state index >= 15 is 0 Å². The molecule has 0 aliphatic rings. The van der Waals surface area contributed by atoms with Crippen molar-refractivity contribution in [2.75, 3.05) is 5.32 Å². The first-order valence-electron chi connectivity index (χ1n) is 10.7. The highest BCUT2D eigenvalue weighted by molar-refractivity contribution is 8.00. The van der Waals surface area contributed by atoms with E-state index in [1.807, 2.05) is 104 Å². The predicted molar refractivity (Wildman–Crippen MR) is 132 cm³/mol. The molecule has 6 nitrogen and oxygen atoms in total. The molecule has 4 rings (SSSR count). The number of benzene rings is 3. The summed E-state index contributed by atoms with van der Waals surface area (Å²) in [7, 11) is 1.91. The smallest absolute Gasteiger partial charge is 0.237 e. The Morgan fingerprint density at radius 3 is 2.39 bits per heavy atom. The Balaban J connectivity index is 1.33. The van der Waals surface area contributed by atoms with Crippen LogP contribution in [0.1, 0.15) is 18.1 Å². The zero-order chi connectivity index (χ0) is 23.2. The molecule has 0 saturated carbocycles. The maximum Gasteiger partial charge on any atom is 0.237 e. The average Bonchev–Trinajstić information content (AvgIpc) is 3.19. The molecule has 3 aromatic carbocycles. The minimum Gasteiger partial charge on any atom is -0.489 e. The van der Waals surface area contributed by atoms with E-state index in [9.17, 15) is 4.79 Å². The second kappa shape index (κ2) is 10.4. The summed E-state index contributed by atoms with van der Waals surface area (Å²) in [6, 6.07) is 25.5. The van der Waals surface area contributed by atoms with Crippen molar-refractivity contribution in [1.82, 2.24) is 14.8 Å². The molecule has 1 atom stereocenters. The van der Waals surface area contributed by atoms with Gasteiger partial charge in [0.1, 0.15) is 12.4 Å². The first-order chi connectivity index (χ1) is 16.0. The van der Waals surface area contributed by atoms with Gasteiger partial charge in [0, 0.05) is 18.3 Å². The van der Waals surface area contributed by atoms with Crippen molar-refractivity contribution in [3.8, 4) is 17.1 Å².